The molecule has 0 bridgehead atoms. The highest BCUT2D eigenvalue weighted by Crippen LogP contribution is 2.22. The molecule has 0 fully saturated rings. The molecule has 0 spiro atoms. The lowest BCUT2D eigenvalue weighted by molar-refractivity contribution is -0.115. The predicted molar refractivity (Wildman–Crippen MR) is 91.7 cm³/mol. The molecule has 128 valence electrons. The highest BCUT2D eigenvalue weighted by molar-refractivity contribution is 8.00. The number of rotatable bonds is 7. The van der Waals surface area contributed by atoms with Crippen LogP contribution in [0.5, 0.6) is 5.75 Å². The average Bonchev–Trinajstić information content (AvgIpc) is 2.56. The number of hydrogen-bond donors (Lipinski definition) is 3. The summed E-state index contributed by atoms with van der Waals surface area (Å²) in [5.41, 5.74) is -0.668. The summed E-state index contributed by atoms with van der Waals surface area (Å²) < 4.78 is 5.34. The van der Waals surface area contributed by atoms with Gasteiger partial charge in [0.1, 0.15) is 5.75 Å². The summed E-state index contributed by atoms with van der Waals surface area (Å²) in [7, 11) is 0. The summed E-state index contributed by atoms with van der Waals surface area (Å²) in [6.07, 6.45) is 0.494. The second-order valence-electron chi connectivity index (χ2n) is 4.77. The number of ether oxygens (including phenoxy) is 1. The van der Waals surface area contributed by atoms with E-state index in [1.165, 1.54) is 0 Å². The number of thioether (sulfide) groups is 1. The van der Waals surface area contributed by atoms with Crippen molar-refractivity contribution in [2.75, 3.05) is 11.9 Å². The van der Waals surface area contributed by atoms with Crippen LogP contribution in [0.4, 0.5) is 5.69 Å². The Bertz CT molecular complexity index is 800. The van der Waals surface area contributed by atoms with Gasteiger partial charge in [0.25, 0.3) is 5.56 Å². The molecule has 2 rings (SSSR count). The Hall–Kier alpha value is -2.55. The Labute approximate surface area is 142 Å². The maximum atomic E-state index is 12.4. The Morgan fingerprint density at radius 1 is 1.29 bits per heavy atom. The molecule has 9 heteroatoms. The number of aromatic amines is 2. The van der Waals surface area contributed by atoms with Crippen LogP contribution >= 0.6 is 11.8 Å². The number of benzene rings is 1. The van der Waals surface area contributed by atoms with Crippen molar-refractivity contribution in [1.29, 1.82) is 0 Å². The number of anilines is 1. The maximum absolute atomic E-state index is 12.4. The highest BCUT2D eigenvalue weighted by Gasteiger charge is 2.20. The van der Waals surface area contributed by atoms with E-state index in [0.29, 0.717) is 18.7 Å². The molecule has 3 N–H and O–H groups in total. The molecule has 0 saturated heterocycles. The second-order valence-corrected chi connectivity index (χ2v) is 5.96. The van der Waals surface area contributed by atoms with Crippen molar-refractivity contribution in [3.05, 3.63) is 45.1 Å². The standard InChI is InChI=1S/C15H18N4O4S/c1-3-11(24-14-13(21)17-15(22)19-18-14)12(20)16-9-5-7-10(8-6-9)23-4-2/h5-8,11H,3-4H2,1-2H3,(H,16,20)(H2,17,19,21,22). The van der Waals surface area contributed by atoms with Crippen LogP contribution in [0, 0.1) is 0 Å². The summed E-state index contributed by atoms with van der Waals surface area (Å²) in [5.74, 6) is 0.472. The molecule has 0 aliphatic carbocycles. The third-order valence-corrected chi connectivity index (χ3v) is 4.36. The van der Waals surface area contributed by atoms with Crippen LogP contribution in [-0.4, -0.2) is 32.9 Å². The minimum atomic E-state index is -0.684. The van der Waals surface area contributed by atoms with Gasteiger partial charge in [0, 0.05) is 5.69 Å². The fourth-order valence-corrected chi connectivity index (χ4v) is 2.76. The lowest BCUT2D eigenvalue weighted by Crippen LogP contribution is -2.29. The Balaban J connectivity index is 2.05. The van der Waals surface area contributed by atoms with E-state index in [-0.39, 0.29) is 10.9 Å². The van der Waals surface area contributed by atoms with E-state index in [2.05, 4.69) is 20.5 Å². The van der Waals surface area contributed by atoms with E-state index in [4.69, 9.17) is 4.74 Å². The van der Waals surface area contributed by atoms with E-state index in [1.807, 2.05) is 13.8 Å². The van der Waals surface area contributed by atoms with Crippen molar-refractivity contribution >= 4 is 23.4 Å². The third kappa shape index (κ3) is 4.72. The van der Waals surface area contributed by atoms with Gasteiger partial charge in [-0.25, -0.2) is 9.89 Å². The van der Waals surface area contributed by atoms with Crippen LogP contribution in [-0.2, 0) is 4.79 Å². The number of nitrogens with one attached hydrogen (secondary N) is 3. The molecular weight excluding hydrogens is 332 g/mol. The summed E-state index contributed by atoms with van der Waals surface area (Å²) in [6, 6.07) is 7.01. The minimum absolute atomic E-state index is 0.0447. The predicted octanol–water partition coefficient (Wildman–Crippen LogP) is 1.37. The number of hydrogen-bond acceptors (Lipinski definition) is 6. The number of nitrogens with zero attached hydrogens (tertiary/aromatic N) is 1. The normalized spacial score (nSPS) is 11.8. The average molecular weight is 350 g/mol. The molecule has 2 aromatic rings. The number of H-pyrrole nitrogens is 2. The number of aromatic nitrogens is 3. The third-order valence-electron chi connectivity index (χ3n) is 3.03. The van der Waals surface area contributed by atoms with Gasteiger partial charge in [0.15, 0.2) is 5.03 Å². The summed E-state index contributed by atoms with van der Waals surface area (Å²) in [4.78, 5) is 37.1. The van der Waals surface area contributed by atoms with E-state index < -0.39 is 16.5 Å². The molecule has 24 heavy (non-hydrogen) atoms. The van der Waals surface area contributed by atoms with Crippen LogP contribution < -0.4 is 21.3 Å². The van der Waals surface area contributed by atoms with E-state index in [9.17, 15) is 14.4 Å². The molecule has 0 radical (unpaired) electrons. The largest absolute Gasteiger partial charge is 0.494 e. The van der Waals surface area contributed by atoms with Crippen LogP contribution in [0.2, 0.25) is 0 Å². The second kappa shape index (κ2) is 8.34. The monoisotopic (exact) mass is 350 g/mol. The molecule has 8 nitrogen and oxygen atoms in total. The Morgan fingerprint density at radius 2 is 2.00 bits per heavy atom. The first kappa shape index (κ1) is 17.8. The first-order valence-electron chi connectivity index (χ1n) is 7.42. The van der Waals surface area contributed by atoms with Gasteiger partial charge in [-0.05, 0) is 37.6 Å². The topological polar surface area (TPSA) is 117 Å². The minimum Gasteiger partial charge on any atom is -0.494 e. The zero-order chi connectivity index (χ0) is 17.5. The van der Waals surface area contributed by atoms with E-state index in [0.717, 1.165) is 17.5 Å². The summed E-state index contributed by atoms with van der Waals surface area (Å²) >= 11 is 1.00. The van der Waals surface area contributed by atoms with Crippen molar-refractivity contribution < 1.29 is 9.53 Å². The number of amides is 1. The molecule has 0 aliphatic heterocycles. The van der Waals surface area contributed by atoms with Gasteiger partial charge in [-0.2, -0.15) is 5.10 Å². The number of carbonyl (C=O) groups excluding carboxylic acids is 1. The highest BCUT2D eigenvalue weighted by atomic mass is 32.2. The van der Waals surface area contributed by atoms with Gasteiger partial charge >= 0.3 is 5.69 Å². The van der Waals surface area contributed by atoms with Crippen LogP contribution in [0.1, 0.15) is 20.3 Å². The van der Waals surface area contributed by atoms with Crippen molar-refractivity contribution in [2.24, 2.45) is 0 Å². The molecule has 1 heterocycles. The molecule has 1 aromatic heterocycles. The van der Waals surface area contributed by atoms with E-state index in [1.54, 1.807) is 24.3 Å². The van der Waals surface area contributed by atoms with E-state index >= 15 is 0 Å². The van der Waals surface area contributed by atoms with Gasteiger partial charge in [-0.15, -0.1) is 0 Å². The van der Waals surface area contributed by atoms with Crippen LogP contribution in [0.25, 0.3) is 0 Å². The fourth-order valence-electron chi connectivity index (χ4n) is 1.90. The zero-order valence-corrected chi connectivity index (χ0v) is 14.1. The van der Waals surface area contributed by atoms with Gasteiger partial charge in [-0.3, -0.25) is 14.6 Å². The Morgan fingerprint density at radius 3 is 2.58 bits per heavy atom. The zero-order valence-electron chi connectivity index (χ0n) is 13.3. The van der Waals surface area contributed by atoms with Crippen molar-refractivity contribution in [3.63, 3.8) is 0 Å². The molecular formula is C15H18N4O4S. The maximum Gasteiger partial charge on any atom is 0.342 e. The molecule has 1 atom stereocenters. The lowest BCUT2D eigenvalue weighted by atomic mass is 10.2. The lowest BCUT2D eigenvalue weighted by Gasteiger charge is -2.14. The quantitative estimate of drug-likeness (QED) is 0.649. The first-order chi connectivity index (χ1) is 11.5. The van der Waals surface area contributed by atoms with Gasteiger partial charge in [0.2, 0.25) is 5.91 Å². The van der Waals surface area contributed by atoms with Gasteiger partial charge in [-0.1, -0.05) is 18.7 Å². The van der Waals surface area contributed by atoms with Crippen molar-refractivity contribution in [2.45, 2.75) is 30.5 Å². The van der Waals surface area contributed by atoms with Gasteiger partial charge < -0.3 is 10.1 Å². The first-order valence-corrected chi connectivity index (χ1v) is 8.30. The van der Waals surface area contributed by atoms with Crippen molar-refractivity contribution in [3.8, 4) is 5.75 Å². The molecule has 1 unspecified atom stereocenters. The number of carbonyl (C=O) groups is 1. The smallest absolute Gasteiger partial charge is 0.342 e. The van der Waals surface area contributed by atoms with Gasteiger partial charge in [0.05, 0.1) is 11.9 Å². The van der Waals surface area contributed by atoms with Crippen LogP contribution in [0.3, 0.4) is 0 Å². The molecule has 0 saturated carbocycles. The molecule has 1 aromatic carbocycles. The summed E-state index contributed by atoms with van der Waals surface area (Å²) in [6.45, 7) is 4.29. The SMILES string of the molecule is CCOc1ccc(NC(=O)C(CC)Sc2n[nH]c(=O)[nH]c2=O)cc1. The van der Waals surface area contributed by atoms with Crippen LogP contribution in [0.15, 0.2) is 38.9 Å². The van der Waals surface area contributed by atoms with Crippen molar-refractivity contribution in [1.82, 2.24) is 15.2 Å². The Kier molecular flexibility index (Phi) is 6.19. The fraction of sp³-hybridized carbons (Fsp3) is 0.333. The molecule has 0 aliphatic rings. The molecule has 1 amide bonds. The summed E-state index contributed by atoms with van der Waals surface area (Å²) in [5, 5.41) is 8.13.